The van der Waals surface area contributed by atoms with Gasteiger partial charge in [-0.2, -0.15) is 4.68 Å². The van der Waals surface area contributed by atoms with Gasteiger partial charge < -0.3 is 19.6 Å². The first kappa shape index (κ1) is 31.4. The van der Waals surface area contributed by atoms with Gasteiger partial charge in [-0.15, -0.1) is 11.5 Å². The number of amides is 1. The number of benzene rings is 1. The Morgan fingerprint density at radius 2 is 1.95 bits per heavy atom. The molecule has 1 amide bonds. The first-order valence-corrected chi connectivity index (χ1v) is 13.1. The summed E-state index contributed by atoms with van der Waals surface area (Å²) in [6.45, 7) is 11.2. The number of halogens is 2. The smallest absolute Gasteiger partial charge is 0.442 e. The largest absolute Gasteiger partial charge is 0.479 e. The number of pyridine rings is 1. The highest BCUT2D eigenvalue weighted by molar-refractivity contribution is 6.36. The number of carbonyl (C=O) groups excluding carboxylic acids is 1. The minimum atomic E-state index is -1.10. The Morgan fingerprint density at radius 1 is 1.27 bits per heavy atom. The van der Waals surface area contributed by atoms with Crippen LogP contribution in [0.4, 0.5) is 0 Å². The van der Waals surface area contributed by atoms with Crippen LogP contribution in [0.3, 0.4) is 0 Å². The van der Waals surface area contributed by atoms with E-state index in [4.69, 9.17) is 43.9 Å². The van der Waals surface area contributed by atoms with Gasteiger partial charge in [0, 0.05) is 17.7 Å². The molecule has 0 radical (unpaired) electrons. The number of aromatic carboxylic acids is 1. The molecule has 4 rings (SSSR count). The normalized spacial score (nSPS) is 16.4. The lowest BCUT2D eigenvalue weighted by Crippen LogP contribution is -2.41. The van der Waals surface area contributed by atoms with E-state index in [2.05, 4.69) is 26.3 Å². The van der Waals surface area contributed by atoms with Crippen molar-refractivity contribution < 1.29 is 23.8 Å². The number of rotatable bonds is 6. The van der Waals surface area contributed by atoms with Crippen LogP contribution in [0.1, 0.15) is 63.5 Å². The number of hydrogen-bond donors (Lipinski definition) is 2. The summed E-state index contributed by atoms with van der Waals surface area (Å²) < 4.78 is 11.6. The number of nitrogens with zero attached hydrogens (tertiary/aromatic N) is 4. The summed E-state index contributed by atoms with van der Waals surface area (Å²) in [4.78, 5) is 43.5. The third-order valence-corrected chi connectivity index (χ3v) is 6.75. The van der Waals surface area contributed by atoms with Crippen LogP contribution in [-0.4, -0.2) is 49.7 Å². The molecule has 0 fully saturated rings. The number of aromatic nitrogens is 3. The summed E-state index contributed by atoms with van der Waals surface area (Å²) in [5, 5.41) is 16.5. The van der Waals surface area contributed by atoms with Crippen LogP contribution >= 0.6 is 23.2 Å². The van der Waals surface area contributed by atoms with Crippen molar-refractivity contribution in [1.82, 2.24) is 20.1 Å². The van der Waals surface area contributed by atoms with Crippen LogP contribution in [0.5, 0.6) is 5.75 Å². The maximum Gasteiger partial charge on any atom is 0.442 e. The molecule has 13 heteroatoms. The Hall–Kier alpha value is -4.14. The van der Waals surface area contributed by atoms with Crippen molar-refractivity contribution in [3.63, 3.8) is 0 Å². The number of carbonyl (C=O) groups is 2. The molecule has 1 aromatic carbocycles. The zero-order valence-electron chi connectivity index (χ0n) is 23.3. The molecule has 1 aliphatic rings. The molecule has 216 valence electrons. The Kier molecular flexibility index (Phi) is 9.31. The number of terminal acetylenes is 1. The number of aliphatic imine (C=N–C) groups is 1. The average molecular weight is 602 g/mol. The summed E-state index contributed by atoms with van der Waals surface area (Å²) in [5.74, 6) is 1.19. The molecule has 2 N–H and O–H groups in total. The Labute approximate surface area is 246 Å². The zero-order valence-corrected chi connectivity index (χ0v) is 24.8. The highest BCUT2D eigenvalue weighted by atomic mass is 35.5. The van der Waals surface area contributed by atoms with Gasteiger partial charge in [0.15, 0.2) is 5.84 Å². The van der Waals surface area contributed by atoms with Crippen LogP contribution in [0.25, 0.3) is 5.69 Å². The summed E-state index contributed by atoms with van der Waals surface area (Å²) >= 11 is 12.2. The van der Waals surface area contributed by atoms with Gasteiger partial charge in [0.1, 0.15) is 23.6 Å². The summed E-state index contributed by atoms with van der Waals surface area (Å²) in [6.07, 6.45) is 6.63. The lowest BCUT2D eigenvalue weighted by atomic mass is 9.89. The lowest BCUT2D eigenvalue weighted by molar-refractivity contribution is -0.124. The van der Waals surface area contributed by atoms with Crippen molar-refractivity contribution in [1.29, 1.82) is 0 Å². The predicted molar refractivity (Wildman–Crippen MR) is 154 cm³/mol. The van der Waals surface area contributed by atoms with Crippen molar-refractivity contribution in [2.24, 2.45) is 10.9 Å². The standard InChI is InChI=1S/C15H14Cl2N2O3.C13H15N3O3/c1-5-6-21-12-8-11(9(16)7-10(12)17)19-14(20)22-13(18-19)15(2,3)4;1-7(2)13(3)12(19)15-10(16-13)9-8(11(17)18)5-4-6-14-9/h1,7-8H,6H2,2-4H3;4-7H,1-3H3,(H,17,18)(H,15,16,19). The van der Waals surface area contributed by atoms with E-state index in [-0.39, 0.29) is 45.6 Å². The van der Waals surface area contributed by atoms with E-state index >= 15 is 0 Å². The fourth-order valence-corrected chi connectivity index (χ4v) is 3.98. The molecule has 0 spiro atoms. The van der Waals surface area contributed by atoms with E-state index in [1.54, 1.807) is 6.92 Å². The van der Waals surface area contributed by atoms with Gasteiger partial charge in [0.25, 0.3) is 5.91 Å². The molecule has 1 unspecified atom stereocenters. The highest BCUT2D eigenvalue weighted by Crippen LogP contribution is 2.33. The average Bonchev–Trinajstić information content (AvgIpc) is 3.44. The quantitative estimate of drug-likeness (QED) is 0.392. The fraction of sp³-hybridized carbons (Fsp3) is 0.357. The van der Waals surface area contributed by atoms with Gasteiger partial charge in [0.2, 0.25) is 5.89 Å². The van der Waals surface area contributed by atoms with Gasteiger partial charge in [-0.1, -0.05) is 63.7 Å². The molecule has 0 saturated carbocycles. The van der Waals surface area contributed by atoms with Crippen LogP contribution in [-0.2, 0) is 10.2 Å². The second kappa shape index (κ2) is 12.2. The zero-order chi connectivity index (χ0) is 30.7. The summed E-state index contributed by atoms with van der Waals surface area (Å²) in [6, 6.07) is 5.93. The minimum Gasteiger partial charge on any atom is -0.479 e. The molecule has 0 bridgehead atoms. The van der Waals surface area contributed by atoms with E-state index in [0.717, 1.165) is 4.68 Å². The van der Waals surface area contributed by atoms with Crippen molar-refractivity contribution in [3.8, 4) is 23.8 Å². The number of carboxylic acid groups (broad SMARTS) is 1. The van der Waals surface area contributed by atoms with E-state index < -0.39 is 22.7 Å². The summed E-state index contributed by atoms with van der Waals surface area (Å²) in [5.41, 5.74) is -0.779. The van der Waals surface area contributed by atoms with Crippen LogP contribution in [0.2, 0.25) is 10.0 Å². The Bertz CT molecular complexity index is 1610. The molecule has 0 saturated heterocycles. The minimum absolute atomic E-state index is 0.00184. The molecular formula is C28H29Cl2N5O6. The second-order valence-electron chi connectivity index (χ2n) is 10.5. The molecular weight excluding hydrogens is 573 g/mol. The monoisotopic (exact) mass is 601 g/mol. The SMILES string of the molecule is C#CCOc1cc(-n2nc(C(C)(C)C)oc2=O)c(Cl)cc1Cl.CC(C)C1(C)N=C(c2ncccc2C(=O)O)NC1=O. The Balaban J connectivity index is 0.000000228. The summed E-state index contributed by atoms with van der Waals surface area (Å²) in [7, 11) is 0. The van der Waals surface area contributed by atoms with Crippen molar-refractivity contribution in [3.05, 3.63) is 68.2 Å². The third-order valence-electron chi connectivity index (χ3n) is 6.15. The Morgan fingerprint density at radius 3 is 2.49 bits per heavy atom. The van der Waals surface area contributed by atoms with E-state index in [1.807, 2.05) is 34.6 Å². The molecule has 11 nitrogen and oxygen atoms in total. The topological polar surface area (TPSA) is 149 Å². The molecule has 2 aromatic heterocycles. The lowest BCUT2D eigenvalue weighted by Gasteiger charge is -2.21. The number of carboxylic acids is 1. The van der Waals surface area contributed by atoms with Crippen LogP contribution in [0.15, 0.2) is 44.7 Å². The number of hydrogen-bond acceptors (Lipinski definition) is 8. The maximum absolute atomic E-state index is 12.0. The first-order chi connectivity index (χ1) is 19.1. The molecule has 3 aromatic rings. The maximum atomic E-state index is 12.0. The number of nitrogens with one attached hydrogen (secondary N) is 1. The molecule has 1 atom stereocenters. The van der Waals surface area contributed by atoms with Gasteiger partial charge >= 0.3 is 11.7 Å². The predicted octanol–water partition coefficient (Wildman–Crippen LogP) is 4.51. The van der Waals surface area contributed by atoms with Crippen molar-refractivity contribution in [2.75, 3.05) is 6.61 Å². The molecule has 0 aliphatic carbocycles. The first-order valence-electron chi connectivity index (χ1n) is 12.4. The van der Waals surface area contributed by atoms with Gasteiger partial charge in [-0.05, 0) is 31.0 Å². The second-order valence-corrected chi connectivity index (χ2v) is 11.3. The van der Waals surface area contributed by atoms with Crippen LogP contribution < -0.4 is 15.8 Å². The fourth-order valence-electron chi connectivity index (χ4n) is 3.46. The van der Waals surface area contributed by atoms with Gasteiger partial charge in [-0.25, -0.2) is 14.6 Å². The number of ether oxygens (including phenoxy) is 1. The van der Waals surface area contributed by atoms with E-state index in [1.165, 1.54) is 30.5 Å². The van der Waals surface area contributed by atoms with Gasteiger partial charge in [-0.3, -0.25) is 9.78 Å². The van der Waals surface area contributed by atoms with Crippen molar-refractivity contribution >= 4 is 40.9 Å². The van der Waals surface area contributed by atoms with Crippen LogP contribution in [0, 0.1) is 18.3 Å². The highest BCUT2D eigenvalue weighted by Gasteiger charge is 2.43. The van der Waals surface area contributed by atoms with E-state index in [0.29, 0.717) is 17.3 Å². The third kappa shape index (κ3) is 6.78. The van der Waals surface area contributed by atoms with Gasteiger partial charge in [0.05, 0.1) is 21.3 Å². The molecule has 41 heavy (non-hydrogen) atoms. The van der Waals surface area contributed by atoms with E-state index in [9.17, 15) is 14.4 Å². The molecule has 3 heterocycles. The van der Waals surface area contributed by atoms with Crippen molar-refractivity contribution in [2.45, 2.75) is 52.5 Å². The number of amidine groups is 1. The molecule has 1 aliphatic heterocycles.